The van der Waals surface area contributed by atoms with Crippen molar-refractivity contribution in [3.8, 4) is 0 Å². The van der Waals surface area contributed by atoms with Gasteiger partial charge in [-0.05, 0) is 58.2 Å². The van der Waals surface area contributed by atoms with E-state index in [1.807, 2.05) is 36.6 Å². The molecule has 0 saturated carbocycles. The highest BCUT2D eigenvalue weighted by molar-refractivity contribution is 6.02. The van der Waals surface area contributed by atoms with E-state index in [0.717, 1.165) is 49.3 Å². The molecule has 5 heterocycles. The van der Waals surface area contributed by atoms with Crippen LogP contribution in [0.25, 0.3) is 0 Å². The molecule has 0 unspecified atom stereocenters. The van der Waals surface area contributed by atoms with Gasteiger partial charge < -0.3 is 15.1 Å². The SMILES string of the molecule is CCc1ccc(C(=O)Nc2n[nH]c3c2CN(C(=O)N2C[C@@H]4CCCN4C[C@@H]2C)C3(C)C)nc1. The summed E-state index contributed by atoms with van der Waals surface area (Å²) in [6.07, 6.45) is 4.96. The van der Waals surface area contributed by atoms with E-state index in [0.29, 0.717) is 24.1 Å². The van der Waals surface area contributed by atoms with E-state index in [1.165, 1.54) is 6.42 Å². The van der Waals surface area contributed by atoms with Crippen molar-refractivity contribution in [2.24, 2.45) is 0 Å². The predicted octanol–water partition coefficient (Wildman–Crippen LogP) is 2.96. The Bertz CT molecular complexity index is 1060. The van der Waals surface area contributed by atoms with E-state index < -0.39 is 5.54 Å². The Hall–Kier alpha value is -2.94. The molecule has 0 radical (unpaired) electrons. The molecule has 9 nitrogen and oxygen atoms in total. The molecule has 0 spiro atoms. The number of aromatic nitrogens is 3. The topological polar surface area (TPSA) is 97.5 Å². The maximum Gasteiger partial charge on any atom is 0.321 e. The van der Waals surface area contributed by atoms with E-state index in [4.69, 9.17) is 0 Å². The minimum Gasteiger partial charge on any atom is -0.319 e. The fourth-order valence-electron chi connectivity index (χ4n) is 5.47. The van der Waals surface area contributed by atoms with Crippen molar-refractivity contribution in [2.45, 2.75) is 71.1 Å². The number of rotatable bonds is 3. The Labute approximate surface area is 194 Å². The predicted molar refractivity (Wildman–Crippen MR) is 125 cm³/mol. The highest BCUT2D eigenvalue weighted by Crippen LogP contribution is 2.41. The van der Waals surface area contributed by atoms with Gasteiger partial charge in [0.25, 0.3) is 5.91 Å². The minimum atomic E-state index is -0.546. The number of urea groups is 1. The van der Waals surface area contributed by atoms with Gasteiger partial charge in [-0.15, -0.1) is 0 Å². The maximum absolute atomic E-state index is 13.7. The van der Waals surface area contributed by atoms with Gasteiger partial charge in [-0.1, -0.05) is 13.0 Å². The Balaban J connectivity index is 1.33. The number of piperazine rings is 1. The van der Waals surface area contributed by atoms with Crippen LogP contribution in [0.3, 0.4) is 0 Å². The van der Waals surface area contributed by atoms with Crippen molar-refractivity contribution < 1.29 is 9.59 Å². The molecule has 2 aromatic heterocycles. The molecule has 0 aliphatic carbocycles. The number of nitrogens with zero attached hydrogens (tertiary/aromatic N) is 5. The first-order chi connectivity index (χ1) is 15.8. The molecule has 2 N–H and O–H groups in total. The fourth-order valence-corrected chi connectivity index (χ4v) is 5.47. The zero-order valence-corrected chi connectivity index (χ0v) is 19.9. The number of H-pyrrole nitrogens is 1. The first kappa shape index (κ1) is 21.9. The van der Waals surface area contributed by atoms with Gasteiger partial charge >= 0.3 is 6.03 Å². The third-order valence-electron chi connectivity index (χ3n) is 7.58. The van der Waals surface area contributed by atoms with Crippen LogP contribution in [0.15, 0.2) is 18.3 Å². The standard InChI is InChI=1S/C24H33N7O2/c1-5-16-8-9-19(25-11-16)22(32)26-21-18-14-31(24(3,4)20(18)27-28-21)23(33)30-13-17-7-6-10-29(17)12-15(30)2/h8-9,11,15,17H,5-7,10,12-14H2,1-4H3,(H2,26,27,28,32)/t15-,17-/m0/s1. The number of fused-ring (bicyclic) bond motifs is 2. The fraction of sp³-hybridized carbons (Fsp3) is 0.583. The second-order valence-corrected chi connectivity index (χ2v) is 10.0. The van der Waals surface area contributed by atoms with Crippen LogP contribution in [0.2, 0.25) is 0 Å². The first-order valence-electron chi connectivity index (χ1n) is 12.0. The Morgan fingerprint density at radius 1 is 1.27 bits per heavy atom. The molecule has 2 fully saturated rings. The van der Waals surface area contributed by atoms with Gasteiger partial charge in [0.05, 0.1) is 17.8 Å². The lowest BCUT2D eigenvalue weighted by Gasteiger charge is -2.45. The van der Waals surface area contributed by atoms with E-state index in [-0.39, 0.29) is 18.0 Å². The molecule has 0 bridgehead atoms. The van der Waals surface area contributed by atoms with Gasteiger partial charge in [0.2, 0.25) is 0 Å². The van der Waals surface area contributed by atoms with Crippen molar-refractivity contribution in [1.82, 2.24) is 29.9 Å². The van der Waals surface area contributed by atoms with Gasteiger partial charge in [-0.2, -0.15) is 5.10 Å². The van der Waals surface area contributed by atoms with Crippen LogP contribution >= 0.6 is 0 Å². The summed E-state index contributed by atoms with van der Waals surface area (Å²) in [4.78, 5) is 37.2. The number of amides is 3. The average molecular weight is 452 g/mol. The van der Waals surface area contributed by atoms with Crippen LogP contribution in [0.4, 0.5) is 10.6 Å². The number of carbonyl (C=O) groups is 2. The van der Waals surface area contributed by atoms with Crippen LogP contribution in [0.1, 0.15) is 67.8 Å². The van der Waals surface area contributed by atoms with E-state index in [9.17, 15) is 9.59 Å². The number of hydrogen-bond acceptors (Lipinski definition) is 5. The van der Waals surface area contributed by atoms with E-state index in [1.54, 1.807) is 12.3 Å². The summed E-state index contributed by atoms with van der Waals surface area (Å²) < 4.78 is 0. The Morgan fingerprint density at radius 3 is 2.82 bits per heavy atom. The highest BCUT2D eigenvalue weighted by Gasteiger charge is 2.47. The van der Waals surface area contributed by atoms with Crippen molar-refractivity contribution >= 4 is 17.8 Å². The second kappa shape index (κ2) is 8.13. The second-order valence-electron chi connectivity index (χ2n) is 10.0. The monoisotopic (exact) mass is 451 g/mol. The van der Waals surface area contributed by atoms with E-state index in [2.05, 4.69) is 32.3 Å². The number of aromatic amines is 1. The summed E-state index contributed by atoms with van der Waals surface area (Å²) in [6, 6.07) is 4.34. The molecular weight excluding hydrogens is 418 g/mol. The summed E-state index contributed by atoms with van der Waals surface area (Å²) in [5.41, 5.74) is 2.61. The van der Waals surface area contributed by atoms with Gasteiger partial charge in [0.15, 0.2) is 5.82 Å². The van der Waals surface area contributed by atoms with Crippen LogP contribution in [-0.2, 0) is 18.5 Å². The van der Waals surface area contributed by atoms with E-state index >= 15 is 0 Å². The van der Waals surface area contributed by atoms with Crippen molar-refractivity contribution in [2.75, 3.05) is 25.0 Å². The summed E-state index contributed by atoms with van der Waals surface area (Å²) >= 11 is 0. The summed E-state index contributed by atoms with van der Waals surface area (Å²) in [5, 5.41) is 10.3. The molecule has 176 valence electrons. The molecular formula is C24H33N7O2. The van der Waals surface area contributed by atoms with Crippen LogP contribution in [-0.4, -0.2) is 73.5 Å². The number of anilines is 1. The third kappa shape index (κ3) is 3.68. The molecule has 2 saturated heterocycles. The summed E-state index contributed by atoms with van der Waals surface area (Å²) in [5.74, 6) is 0.161. The zero-order chi connectivity index (χ0) is 23.3. The molecule has 3 aliphatic rings. The highest BCUT2D eigenvalue weighted by atomic mass is 16.2. The zero-order valence-electron chi connectivity index (χ0n) is 19.9. The van der Waals surface area contributed by atoms with Crippen LogP contribution < -0.4 is 5.32 Å². The maximum atomic E-state index is 13.7. The molecule has 2 atom stereocenters. The molecule has 3 aliphatic heterocycles. The molecule has 3 amide bonds. The minimum absolute atomic E-state index is 0.0535. The average Bonchev–Trinajstić information content (AvgIpc) is 3.49. The summed E-state index contributed by atoms with van der Waals surface area (Å²) in [7, 11) is 0. The lowest BCUT2D eigenvalue weighted by atomic mass is 10.0. The molecule has 2 aromatic rings. The molecule has 5 rings (SSSR count). The quantitative estimate of drug-likeness (QED) is 0.748. The first-order valence-corrected chi connectivity index (χ1v) is 12.0. The van der Waals surface area contributed by atoms with Gasteiger partial charge in [-0.25, -0.2) is 4.79 Å². The van der Waals surface area contributed by atoms with Crippen molar-refractivity contribution in [3.05, 3.63) is 40.8 Å². The molecule has 0 aromatic carbocycles. The smallest absolute Gasteiger partial charge is 0.319 e. The number of hydrogen-bond donors (Lipinski definition) is 2. The Morgan fingerprint density at radius 2 is 2.09 bits per heavy atom. The Kier molecular flexibility index (Phi) is 5.39. The number of aryl methyl sites for hydroxylation is 1. The number of nitrogens with one attached hydrogen (secondary N) is 2. The van der Waals surface area contributed by atoms with Crippen molar-refractivity contribution in [1.29, 1.82) is 0 Å². The van der Waals surface area contributed by atoms with Gasteiger partial charge in [-0.3, -0.25) is 19.8 Å². The van der Waals surface area contributed by atoms with Crippen LogP contribution in [0, 0.1) is 0 Å². The van der Waals surface area contributed by atoms with Gasteiger partial charge in [0.1, 0.15) is 5.69 Å². The molecule has 33 heavy (non-hydrogen) atoms. The molecule has 9 heteroatoms. The van der Waals surface area contributed by atoms with Gasteiger partial charge in [0, 0.05) is 36.9 Å². The number of pyridine rings is 1. The lowest BCUT2D eigenvalue weighted by Crippen LogP contribution is -2.60. The van der Waals surface area contributed by atoms with Crippen molar-refractivity contribution in [3.63, 3.8) is 0 Å². The normalized spacial score (nSPS) is 24.0. The third-order valence-corrected chi connectivity index (χ3v) is 7.58. The summed E-state index contributed by atoms with van der Waals surface area (Å²) in [6.45, 7) is 11.5. The van der Waals surface area contributed by atoms with Crippen LogP contribution in [0.5, 0.6) is 0 Å². The lowest BCUT2D eigenvalue weighted by molar-refractivity contribution is 0.0454. The number of carbonyl (C=O) groups excluding carboxylic acids is 2. The largest absolute Gasteiger partial charge is 0.321 e.